The Hall–Kier alpha value is -2.41. The van der Waals surface area contributed by atoms with Gasteiger partial charge in [0.1, 0.15) is 5.54 Å². The molecule has 0 unspecified atom stereocenters. The van der Waals surface area contributed by atoms with Gasteiger partial charge in [0, 0.05) is 24.4 Å². The molecule has 0 bridgehead atoms. The average molecular weight is 371 g/mol. The molecular weight excluding hydrogens is 344 g/mol. The number of nitrogens with one attached hydrogen (secondary N) is 3. The van der Waals surface area contributed by atoms with Gasteiger partial charge in [0.2, 0.25) is 5.91 Å². The van der Waals surface area contributed by atoms with Gasteiger partial charge >= 0.3 is 6.03 Å². The third-order valence-corrected chi connectivity index (χ3v) is 6.18. The number of hydrogen-bond acceptors (Lipinski definition) is 3. The Labute approximate surface area is 159 Å². The summed E-state index contributed by atoms with van der Waals surface area (Å²) in [5, 5.41) is 5.86. The number of benzene rings is 1. The number of para-hydroxylation sites is 1. The average Bonchev–Trinajstić information content (AvgIpc) is 3.49. The van der Waals surface area contributed by atoms with Crippen LogP contribution in [0, 0.1) is 11.8 Å². The van der Waals surface area contributed by atoms with Gasteiger partial charge in [0.05, 0.1) is 13.1 Å². The fourth-order valence-corrected chi connectivity index (χ4v) is 4.23. The predicted molar refractivity (Wildman–Crippen MR) is 99.9 cm³/mol. The van der Waals surface area contributed by atoms with Crippen LogP contribution in [-0.2, 0) is 9.59 Å². The van der Waals surface area contributed by atoms with E-state index in [9.17, 15) is 14.4 Å². The van der Waals surface area contributed by atoms with Crippen LogP contribution in [0.5, 0.6) is 0 Å². The summed E-state index contributed by atoms with van der Waals surface area (Å²) in [6.07, 6.45) is 3.53. The van der Waals surface area contributed by atoms with Crippen molar-refractivity contribution >= 4 is 23.5 Å². The van der Waals surface area contributed by atoms with Crippen molar-refractivity contribution in [2.75, 3.05) is 25.1 Å². The molecule has 7 heteroatoms. The van der Waals surface area contributed by atoms with Gasteiger partial charge in [-0.2, -0.15) is 0 Å². The fraction of sp³-hybridized carbons (Fsp3) is 0.550. The minimum atomic E-state index is -0.718. The van der Waals surface area contributed by atoms with E-state index in [0.29, 0.717) is 6.67 Å². The van der Waals surface area contributed by atoms with Crippen molar-refractivity contribution in [3.8, 4) is 0 Å². The first-order chi connectivity index (χ1) is 13.0. The molecule has 2 heterocycles. The SMILES string of the molecule is C[C@]1(C2CC2)NC(=O)N(C[NH+]2CCC(C(=O)Nc3ccccc3)CC2)C1=O. The molecule has 27 heavy (non-hydrogen) atoms. The molecule has 1 aromatic rings. The fourth-order valence-electron chi connectivity index (χ4n) is 4.23. The second-order valence-corrected chi connectivity index (χ2v) is 8.18. The van der Waals surface area contributed by atoms with E-state index < -0.39 is 5.54 Å². The Morgan fingerprint density at radius 3 is 2.48 bits per heavy atom. The van der Waals surface area contributed by atoms with E-state index in [1.807, 2.05) is 37.3 Å². The molecule has 7 nitrogen and oxygen atoms in total. The molecule has 2 saturated heterocycles. The molecule has 0 aromatic heterocycles. The summed E-state index contributed by atoms with van der Waals surface area (Å²) in [7, 11) is 0. The zero-order chi connectivity index (χ0) is 19.0. The minimum Gasteiger partial charge on any atom is -0.326 e. The largest absolute Gasteiger partial charge is 0.329 e. The highest BCUT2D eigenvalue weighted by molar-refractivity contribution is 6.07. The number of urea groups is 1. The Bertz CT molecular complexity index is 741. The van der Waals surface area contributed by atoms with E-state index in [-0.39, 0.29) is 29.7 Å². The van der Waals surface area contributed by atoms with Gasteiger partial charge in [-0.25, -0.2) is 9.69 Å². The molecule has 0 spiro atoms. The van der Waals surface area contributed by atoms with Crippen LogP contribution < -0.4 is 15.5 Å². The molecule has 4 amide bonds. The Morgan fingerprint density at radius 1 is 1.19 bits per heavy atom. The summed E-state index contributed by atoms with van der Waals surface area (Å²) in [6.45, 7) is 3.80. The molecular formula is C20H27N4O3+. The topological polar surface area (TPSA) is 82.9 Å². The van der Waals surface area contributed by atoms with E-state index in [0.717, 1.165) is 44.5 Å². The normalized spacial score (nSPS) is 30.9. The summed E-state index contributed by atoms with van der Waals surface area (Å²) in [5.74, 6) is 0.221. The minimum absolute atomic E-state index is 0.0196. The number of amides is 4. The molecule has 3 aliphatic rings. The van der Waals surface area contributed by atoms with Gasteiger partial charge < -0.3 is 15.5 Å². The van der Waals surface area contributed by atoms with E-state index >= 15 is 0 Å². The van der Waals surface area contributed by atoms with E-state index in [4.69, 9.17) is 0 Å². The first-order valence-corrected chi connectivity index (χ1v) is 9.81. The number of imide groups is 1. The number of anilines is 1. The van der Waals surface area contributed by atoms with Crippen LogP contribution in [0.4, 0.5) is 10.5 Å². The molecule has 2 aliphatic heterocycles. The summed E-state index contributed by atoms with van der Waals surface area (Å²) in [6, 6.07) is 9.21. The maximum atomic E-state index is 12.7. The van der Waals surface area contributed by atoms with Crippen LogP contribution in [0.1, 0.15) is 32.6 Å². The molecule has 144 valence electrons. The lowest BCUT2D eigenvalue weighted by molar-refractivity contribution is -0.912. The lowest BCUT2D eigenvalue weighted by Gasteiger charge is -2.30. The van der Waals surface area contributed by atoms with Crippen LogP contribution in [-0.4, -0.2) is 48.0 Å². The third kappa shape index (κ3) is 3.56. The standard InChI is InChI=1S/C20H26N4O3/c1-20(15-7-8-15)18(26)24(19(27)22-20)13-23-11-9-14(10-12-23)17(25)21-16-5-3-2-4-6-16/h2-6,14-15H,7-13H2,1H3,(H,21,25)(H,22,27)/p+1/t20-/m1/s1. The number of carbonyl (C=O) groups excluding carboxylic acids is 3. The van der Waals surface area contributed by atoms with Gasteiger partial charge in [-0.3, -0.25) is 9.59 Å². The summed E-state index contributed by atoms with van der Waals surface area (Å²) in [5.41, 5.74) is 0.0979. The Morgan fingerprint density at radius 2 is 1.85 bits per heavy atom. The summed E-state index contributed by atoms with van der Waals surface area (Å²) in [4.78, 5) is 40.0. The molecule has 1 saturated carbocycles. The molecule has 1 aromatic carbocycles. The summed E-state index contributed by atoms with van der Waals surface area (Å²) >= 11 is 0. The maximum absolute atomic E-state index is 12.7. The number of carbonyl (C=O) groups is 3. The zero-order valence-electron chi connectivity index (χ0n) is 15.7. The first kappa shape index (κ1) is 18.0. The van der Waals surface area contributed by atoms with Gasteiger partial charge in [-0.05, 0) is 37.8 Å². The molecule has 0 radical (unpaired) electrons. The van der Waals surface area contributed by atoms with Crippen molar-refractivity contribution in [3.05, 3.63) is 30.3 Å². The van der Waals surface area contributed by atoms with Crippen LogP contribution in [0.25, 0.3) is 0 Å². The smallest absolute Gasteiger partial charge is 0.326 e. The Kier molecular flexibility index (Phi) is 4.63. The van der Waals surface area contributed by atoms with Crippen LogP contribution in [0.2, 0.25) is 0 Å². The number of likely N-dealkylation sites (tertiary alicyclic amines) is 1. The van der Waals surface area contributed by atoms with E-state index in [1.165, 1.54) is 9.80 Å². The van der Waals surface area contributed by atoms with Crippen LogP contribution >= 0.6 is 0 Å². The van der Waals surface area contributed by atoms with E-state index in [1.54, 1.807) is 0 Å². The third-order valence-electron chi connectivity index (χ3n) is 6.18. The number of piperidine rings is 1. The maximum Gasteiger partial charge on any atom is 0.329 e. The second-order valence-electron chi connectivity index (χ2n) is 8.18. The lowest BCUT2D eigenvalue weighted by Crippen LogP contribution is -3.14. The van der Waals surface area contributed by atoms with Gasteiger partial charge in [-0.1, -0.05) is 18.2 Å². The van der Waals surface area contributed by atoms with Gasteiger partial charge in [-0.15, -0.1) is 0 Å². The quantitative estimate of drug-likeness (QED) is 0.663. The van der Waals surface area contributed by atoms with Crippen molar-refractivity contribution in [1.82, 2.24) is 10.2 Å². The highest BCUT2D eigenvalue weighted by Gasteiger charge is 2.56. The van der Waals surface area contributed by atoms with Crippen molar-refractivity contribution in [1.29, 1.82) is 0 Å². The molecule has 1 aliphatic carbocycles. The Balaban J connectivity index is 1.29. The molecule has 3 N–H and O–H groups in total. The zero-order valence-corrected chi connectivity index (χ0v) is 15.7. The van der Waals surface area contributed by atoms with Crippen molar-refractivity contribution in [3.63, 3.8) is 0 Å². The summed E-state index contributed by atoms with van der Waals surface area (Å²) < 4.78 is 0. The van der Waals surface area contributed by atoms with Crippen molar-refractivity contribution in [2.45, 2.75) is 38.1 Å². The monoisotopic (exact) mass is 371 g/mol. The van der Waals surface area contributed by atoms with Crippen LogP contribution in [0.3, 0.4) is 0 Å². The van der Waals surface area contributed by atoms with Crippen molar-refractivity contribution < 1.29 is 19.3 Å². The van der Waals surface area contributed by atoms with Crippen molar-refractivity contribution in [2.24, 2.45) is 11.8 Å². The molecule has 1 atom stereocenters. The van der Waals surface area contributed by atoms with Gasteiger partial charge in [0.15, 0.2) is 6.67 Å². The van der Waals surface area contributed by atoms with E-state index in [2.05, 4.69) is 10.6 Å². The molecule has 3 fully saturated rings. The lowest BCUT2D eigenvalue weighted by atomic mass is 9.95. The number of hydrogen-bond donors (Lipinski definition) is 3. The highest BCUT2D eigenvalue weighted by Crippen LogP contribution is 2.42. The highest BCUT2D eigenvalue weighted by atomic mass is 16.2. The van der Waals surface area contributed by atoms with Crippen LogP contribution in [0.15, 0.2) is 30.3 Å². The number of quaternary nitrogens is 1. The molecule has 4 rings (SSSR count). The number of rotatable bonds is 5. The first-order valence-electron chi connectivity index (χ1n) is 9.81. The predicted octanol–water partition coefficient (Wildman–Crippen LogP) is 0.598. The second kappa shape index (κ2) is 6.96. The van der Waals surface area contributed by atoms with Gasteiger partial charge in [0.25, 0.3) is 5.91 Å². The number of nitrogens with zero attached hydrogens (tertiary/aromatic N) is 1.